The van der Waals surface area contributed by atoms with Crippen molar-refractivity contribution in [1.29, 1.82) is 0 Å². The Morgan fingerprint density at radius 2 is 1.71 bits per heavy atom. The van der Waals surface area contributed by atoms with E-state index in [0.717, 1.165) is 0 Å². The Labute approximate surface area is 65.9 Å². The molecule has 0 heterocycles. The molecule has 0 aromatic carbocycles. The summed E-state index contributed by atoms with van der Waals surface area (Å²) < 4.78 is 27.4. The van der Waals surface area contributed by atoms with Crippen molar-refractivity contribution in [3.05, 3.63) is 0 Å². The summed E-state index contributed by atoms with van der Waals surface area (Å²) in [5.74, 6) is 0. The molecule has 0 aliphatic carbocycles. The van der Waals surface area contributed by atoms with E-state index in [0.29, 0.717) is 22.4 Å². The van der Waals surface area contributed by atoms with Crippen LogP contribution in [-0.2, 0) is 12.0 Å². The van der Waals surface area contributed by atoms with Crippen LogP contribution in [0.4, 0.5) is 0 Å². The predicted octanol–water partition coefficient (Wildman–Crippen LogP) is -2.68. The molecule has 0 unspecified atom stereocenters. The molecule has 0 radical (unpaired) electrons. The Morgan fingerprint density at radius 1 is 1.57 bits per heavy atom. The van der Waals surface area contributed by atoms with Gasteiger partial charge in [-0.25, -0.2) is 0 Å². The maximum absolute atomic E-state index is 9.69. The van der Waals surface area contributed by atoms with Crippen LogP contribution < -0.4 is 0 Å². The Bertz CT molecular complexity index is 75.3. The fourth-order valence-electron chi connectivity index (χ4n) is 0. The molecule has 0 rings (SSSR count). The summed E-state index contributed by atoms with van der Waals surface area (Å²) >= 11 is 0.603. The van der Waals surface area contributed by atoms with Gasteiger partial charge in [-0.1, -0.05) is 0 Å². The zero-order valence-corrected chi connectivity index (χ0v) is 10.7. The van der Waals surface area contributed by atoms with Crippen molar-refractivity contribution >= 4 is 54.2 Å². The van der Waals surface area contributed by atoms with Crippen LogP contribution in [0.3, 0.4) is 0 Å². The zero-order valence-electron chi connectivity index (χ0n) is 3.80. The molecule has 0 aromatic rings. The third-order valence-corrected chi connectivity index (χ3v) is 1.20. The van der Waals surface area contributed by atoms with E-state index in [2.05, 4.69) is 0 Å². The Balaban J connectivity index is 0. The second-order valence-electron chi connectivity index (χ2n) is 0.729. The SMILES string of the molecule is O=B[Si](=O)[AlH2].[O]=[BiH]. The summed E-state index contributed by atoms with van der Waals surface area (Å²) in [6.07, 6.45) is 0. The van der Waals surface area contributed by atoms with E-state index in [1.54, 1.807) is 0 Å². The first-order valence-electron chi connectivity index (χ1n) is 1.43. The van der Waals surface area contributed by atoms with Gasteiger partial charge in [0.25, 0.3) is 0 Å². The van der Waals surface area contributed by atoms with Gasteiger partial charge >= 0.3 is 66.2 Å². The van der Waals surface area contributed by atoms with Crippen molar-refractivity contribution in [2.24, 2.45) is 0 Å². The minimum absolute atomic E-state index is 0.0556. The van der Waals surface area contributed by atoms with Gasteiger partial charge in [0.15, 0.2) is 0 Å². The first-order chi connectivity index (χ1) is 3.27. The summed E-state index contributed by atoms with van der Waals surface area (Å²) in [6.45, 7) is 0.525. The van der Waals surface area contributed by atoms with Gasteiger partial charge in [-0.15, -0.1) is 0 Å². The topological polar surface area (TPSA) is 51.2 Å². The second-order valence-corrected chi connectivity index (χ2v) is 5.14. The van der Waals surface area contributed by atoms with Gasteiger partial charge in [-0.05, 0) is 0 Å². The van der Waals surface area contributed by atoms with Gasteiger partial charge in [0.1, 0.15) is 0 Å². The summed E-state index contributed by atoms with van der Waals surface area (Å²) in [5, 5.41) is 0. The number of hydrogen-bond donors (Lipinski definition) is 0. The molecule has 0 atom stereocenters. The van der Waals surface area contributed by atoms with Gasteiger partial charge in [-0.3, -0.25) is 0 Å². The van der Waals surface area contributed by atoms with Gasteiger partial charge in [-0.2, -0.15) is 0 Å². The molecule has 0 fully saturated rings. The van der Waals surface area contributed by atoms with E-state index in [4.69, 9.17) is 2.81 Å². The van der Waals surface area contributed by atoms with Gasteiger partial charge in [0, 0.05) is 0 Å². The molecule has 0 N–H and O–H groups in total. The van der Waals surface area contributed by atoms with Crippen molar-refractivity contribution in [1.82, 2.24) is 0 Å². The summed E-state index contributed by atoms with van der Waals surface area (Å²) in [6, 6.07) is 0. The van der Waals surface area contributed by atoms with Crippen LogP contribution in [0.25, 0.3) is 0 Å². The standard InChI is InChI=1S/Al.BO2Si.Bi.O.3H/c;2-1-4-3;;;;;. The Kier molecular flexibility index (Phi) is 15.9. The molecule has 3 nitrogen and oxygen atoms in total. The minimum atomic E-state index is -1.67. The van der Waals surface area contributed by atoms with E-state index in [-0.39, 0.29) is 24.7 Å². The molecule has 0 aliphatic rings. The molecule has 0 aliphatic heterocycles. The molecule has 0 bridgehead atoms. The molecule has 36 valence electrons. The van der Waals surface area contributed by atoms with E-state index >= 15 is 0 Å². The van der Waals surface area contributed by atoms with Crippen molar-refractivity contribution in [2.45, 2.75) is 0 Å². The van der Waals surface area contributed by atoms with Gasteiger partial charge in [0.2, 0.25) is 0 Å². The number of hydrogen-bond acceptors (Lipinski definition) is 3. The van der Waals surface area contributed by atoms with Crippen molar-refractivity contribution in [3.63, 3.8) is 0 Å². The van der Waals surface area contributed by atoms with Crippen LogP contribution in [0.15, 0.2) is 0 Å². The summed E-state index contributed by atoms with van der Waals surface area (Å²) in [4.78, 5) is 0. The van der Waals surface area contributed by atoms with Crippen LogP contribution in [0.5, 0.6) is 0 Å². The Morgan fingerprint density at radius 3 is 1.71 bits per heavy atom. The van der Waals surface area contributed by atoms with Crippen molar-refractivity contribution < 1.29 is 12.0 Å². The first-order valence-corrected chi connectivity index (χ1v) is 8.01. The van der Waals surface area contributed by atoms with Crippen molar-refractivity contribution in [2.75, 3.05) is 0 Å². The van der Waals surface area contributed by atoms with E-state index in [1.165, 1.54) is 0 Å². The fourth-order valence-corrected chi connectivity index (χ4v) is 0. The molecule has 7 heteroatoms. The third kappa shape index (κ3) is 19.2. The van der Waals surface area contributed by atoms with E-state index in [9.17, 15) is 9.17 Å². The van der Waals surface area contributed by atoms with Crippen LogP contribution in [0, 0.1) is 0 Å². The van der Waals surface area contributed by atoms with E-state index in [1.807, 2.05) is 0 Å². The van der Waals surface area contributed by atoms with Crippen LogP contribution in [-0.4, -0.2) is 54.2 Å². The fraction of sp³-hybridized carbons (Fsp3) is 0. The molecule has 0 saturated heterocycles. The maximum atomic E-state index is 9.69. The molecular formula is H3AlBBiO3Si. The van der Waals surface area contributed by atoms with Crippen LogP contribution in [0.1, 0.15) is 0 Å². The summed E-state index contributed by atoms with van der Waals surface area (Å²) in [5.41, 5.74) is 0. The monoisotopic (exact) mass is 326 g/mol. The average Bonchev–Trinajstić information content (AvgIpc) is 1.73. The van der Waals surface area contributed by atoms with Gasteiger partial charge < -0.3 is 0 Å². The van der Waals surface area contributed by atoms with Crippen LogP contribution in [0.2, 0.25) is 0 Å². The summed E-state index contributed by atoms with van der Waals surface area (Å²) in [7, 11) is -1.67. The third-order valence-electron chi connectivity index (χ3n) is 0.166. The molecule has 0 saturated carbocycles. The normalized spacial score (nSPS) is 4.57. The zero-order chi connectivity index (χ0) is 6.28. The first kappa shape index (κ1) is 11.0. The van der Waals surface area contributed by atoms with Gasteiger partial charge in [0.05, 0.1) is 0 Å². The predicted molar refractivity (Wildman–Crippen MR) is 29.3 cm³/mol. The quantitative estimate of drug-likeness (QED) is 0.494. The van der Waals surface area contributed by atoms with Crippen molar-refractivity contribution in [3.8, 4) is 0 Å². The Hall–Kier alpha value is 1.10. The molecule has 7 heavy (non-hydrogen) atoms. The average molecular weight is 326 g/mol. The molecule has 0 spiro atoms. The van der Waals surface area contributed by atoms with E-state index < -0.39 is 7.11 Å². The van der Waals surface area contributed by atoms with Crippen LogP contribution >= 0.6 is 0 Å². The molecular weight excluding hydrogens is 323 g/mol. The number of rotatable bonds is 1. The molecule has 0 aromatic heterocycles. The molecule has 0 amide bonds. The second kappa shape index (κ2) is 10.2.